The summed E-state index contributed by atoms with van der Waals surface area (Å²) in [5.74, 6) is -0.374. The van der Waals surface area contributed by atoms with Gasteiger partial charge in [0.2, 0.25) is 5.91 Å². The van der Waals surface area contributed by atoms with Crippen molar-refractivity contribution in [2.45, 2.75) is 35.9 Å². The number of carbonyl (C=O) groups excluding carboxylic acids is 2. The van der Waals surface area contributed by atoms with E-state index in [1.54, 1.807) is 17.5 Å². The van der Waals surface area contributed by atoms with Gasteiger partial charge in [0.25, 0.3) is 15.9 Å². The molecule has 3 heterocycles. The molecule has 1 saturated heterocycles. The molecule has 2 aliphatic rings. The molecule has 3 aromatic rings. The predicted octanol–water partition coefficient (Wildman–Crippen LogP) is 4.00. The van der Waals surface area contributed by atoms with Gasteiger partial charge in [0.15, 0.2) is 0 Å². The second-order valence-corrected chi connectivity index (χ2v) is 12.6. The van der Waals surface area contributed by atoms with E-state index in [0.29, 0.717) is 30.8 Å². The molecule has 8 nitrogen and oxygen atoms in total. The number of nitrogens with one attached hydrogen (secondary N) is 1. The van der Waals surface area contributed by atoms with Crippen LogP contribution < -0.4 is 10.2 Å². The maximum atomic E-state index is 13.5. The average Bonchev–Trinajstić information content (AvgIpc) is 3.50. The zero-order valence-electron chi connectivity index (χ0n) is 20.4. The number of hydrogen-bond donors (Lipinski definition) is 1. The summed E-state index contributed by atoms with van der Waals surface area (Å²) >= 11 is 1.16. The molecular weight excluding hydrogens is 496 g/mol. The minimum atomic E-state index is -3.74. The van der Waals surface area contributed by atoms with E-state index < -0.39 is 16.1 Å². The van der Waals surface area contributed by atoms with Crippen LogP contribution in [-0.2, 0) is 14.8 Å². The lowest BCUT2D eigenvalue weighted by Gasteiger charge is -2.33. The first-order chi connectivity index (χ1) is 17.3. The molecule has 0 radical (unpaired) electrons. The van der Waals surface area contributed by atoms with E-state index in [-0.39, 0.29) is 16.0 Å². The largest absolute Gasteiger partial charge is 0.324 e. The van der Waals surface area contributed by atoms with Crippen molar-refractivity contribution in [3.63, 3.8) is 0 Å². The van der Waals surface area contributed by atoms with Gasteiger partial charge in [-0.05, 0) is 69.5 Å². The minimum Gasteiger partial charge on any atom is -0.324 e. The van der Waals surface area contributed by atoms with Crippen LogP contribution in [0.15, 0.2) is 52.1 Å². The lowest BCUT2D eigenvalue weighted by atomic mass is 10.0. The average molecular weight is 527 g/mol. The van der Waals surface area contributed by atoms with Gasteiger partial charge < -0.3 is 15.1 Å². The minimum absolute atomic E-state index is 0.0293. The summed E-state index contributed by atoms with van der Waals surface area (Å²) in [5, 5.41) is 6.33. The summed E-state index contributed by atoms with van der Waals surface area (Å²) in [5.41, 5.74) is 2.06. The predicted molar refractivity (Wildman–Crippen MR) is 143 cm³/mol. The molecule has 0 aliphatic carbocycles. The number of amides is 2. The van der Waals surface area contributed by atoms with Crippen molar-refractivity contribution in [3.8, 4) is 0 Å². The summed E-state index contributed by atoms with van der Waals surface area (Å²) < 4.78 is 28.1. The van der Waals surface area contributed by atoms with Crippen molar-refractivity contribution in [3.05, 3.63) is 53.4 Å². The van der Waals surface area contributed by atoms with Gasteiger partial charge in [-0.2, -0.15) is 4.31 Å². The van der Waals surface area contributed by atoms with Gasteiger partial charge in [0, 0.05) is 35.1 Å². The van der Waals surface area contributed by atoms with Crippen molar-refractivity contribution in [2.24, 2.45) is 0 Å². The first kappa shape index (κ1) is 24.9. The van der Waals surface area contributed by atoms with Crippen LogP contribution in [0, 0.1) is 0 Å². The Balaban J connectivity index is 1.43. The maximum Gasteiger partial charge on any atom is 0.258 e. The van der Waals surface area contributed by atoms with Gasteiger partial charge in [-0.15, -0.1) is 11.3 Å². The van der Waals surface area contributed by atoms with Gasteiger partial charge in [-0.3, -0.25) is 9.59 Å². The highest BCUT2D eigenvalue weighted by Gasteiger charge is 2.38. The normalized spacial score (nSPS) is 18.4. The van der Waals surface area contributed by atoms with Crippen LogP contribution >= 0.6 is 11.3 Å². The van der Waals surface area contributed by atoms with Crippen LogP contribution in [0.5, 0.6) is 0 Å². The molecule has 5 rings (SSSR count). The molecule has 2 aromatic carbocycles. The Morgan fingerprint density at radius 3 is 2.72 bits per heavy atom. The SMILES string of the molecule is CN(C)CCCN1C(=O)c2cccc3c(NC(=O)C4CCCCN4S(=O)(=O)c4cccs4)ccc1c23. The van der Waals surface area contributed by atoms with Gasteiger partial charge in [-0.1, -0.05) is 24.6 Å². The molecule has 0 spiro atoms. The molecule has 10 heteroatoms. The standard InChI is InChI=1S/C26H30N4O4S2/c1-28(2)14-7-15-29-21-13-12-20(18-8-5-9-19(24(18)21)26(29)32)27-25(31)22-10-3-4-16-30(22)36(33,34)23-11-6-17-35-23/h5-6,8-9,11-13,17,22H,3-4,7,10,14-16H2,1-2H3,(H,27,31). The topological polar surface area (TPSA) is 90.0 Å². The first-order valence-corrected chi connectivity index (χ1v) is 14.5. The lowest BCUT2D eigenvalue weighted by Crippen LogP contribution is -2.49. The van der Waals surface area contributed by atoms with Crippen LogP contribution in [-0.4, -0.2) is 69.2 Å². The molecule has 0 bridgehead atoms. The van der Waals surface area contributed by atoms with E-state index in [1.165, 1.54) is 4.31 Å². The number of piperidine rings is 1. The lowest BCUT2D eigenvalue weighted by molar-refractivity contribution is -0.120. The first-order valence-electron chi connectivity index (χ1n) is 12.2. The Labute approximate surface area is 215 Å². The zero-order chi connectivity index (χ0) is 25.4. The van der Waals surface area contributed by atoms with Crippen molar-refractivity contribution < 1.29 is 18.0 Å². The van der Waals surface area contributed by atoms with Crippen molar-refractivity contribution in [2.75, 3.05) is 43.9 Å². The van der Waals surface area contributed by atoms with Crippen molar-refractivity contribution in [1.29, 1.82) is 0 Å². The molecular formula is C26H30N4O4S2. The van der Waals surface area contributed by atoms with Crippen LogP contribution in [0.3, 0.4) is 0 Å². The highest BCUT2D eigenvalue weighted by atomic mass is 32.2. The molecule has 2 amide bonds. The number of nitrogens with zero attached hydrogens (tertiary/aromatic N) is 3. The van der Waals surface area contributed by atoms with E-state index in [2.05, 4.69) is 10.2 Å². The molecule has 2 aliphatic heterocycles. The Kier molecular flexibility index (Phi) is 6.86. The fraction of sp³-hybridized carbons (Fsp3) is 0.385. The third-order valence-electron chi connectivity index (χ3n) is 6.84. The molecule has 190 valence electrons. The number of sulfonamides is 1. The number of benzene rings is 2. The van der Waals surface area contributed by atoms with E-state index >= 15 is 0 Å². The zero-order valence-corrected chi connectivity index (χ0v) is 22.1. The number of carbonyl (C=O) groups is 2. The summed E-state index contributed by atoms with van der Waals surface area (Å²) in [4.78, 5) is 30.5. The quantitative estimate of drug-likeness (QED) is 0.479. The van der Waals surface area contributed by atoms with Crippen LogP contribution in [0.1, 0.15) is 36.0 Å². The Morgan fingerprint density at radius 1 is 1.14 bits per heavy atom. The summed E-state index contributed by atoms with van der Waals surface area (Å²) in [6.07, 6.45) is 2.83. The molecule has 0 saturated carbocycles. The fourth-order valence-corrected chi connectivity index (χ4v) is 7.89. The van der Waals surface area contributed by atoms with E-state index in [0.717, 1.165) is 53.6 Å². The highest BCUT2D eigenvalue weighted by molar-refractivity contribution is 7.91. The third-order valence-corrected chi connectivity index (χ3v) is 10.1. The summed E-state index contributed by atoms with van der Waals surface area (Å²) in [6.45, 7) is 1.81. The van der Waals surface area contributed by atoms with Crippen LogP contribution in [0.2, 0.25) is 0 Å². The second kappa shape index (κ2) is 9.93. The Morgan fingerprint density at radius 2 is 1.97 bits per heavy atom. The smallest absolute Gasteiger partial charge is 0.258 e. The van der Waals surface area contributed by atoms with E-state index in [9.17, 15) is 18.0 Å². The van der Waals surface area contributed by atoms with E-state index in [1.807, 2.05) is 49.3 Å². The highest BCUT2D eigenvalue weighted by Crippen LogP contribution is 2.41. The number of thiophene rings is 1. The molecule has 1 fully saturated rings. The maximum absolute atomic E-state index is 13.5. The van der Waals surface area contributed by atoms with Crippen molar-refractivity contribution >= 4 is 55.3 Å². The van der Waals surface area contributed by atoms with E-state index in [4.69, 9.17) is 0 Å². The number of anilines is 2. The second-order valence-electron chi connectivity index (χ2n) is 9.52. The number of hydrogen-bond acceptors (Lipinski definition) is 6. The third kappa shape index (κ3) is 4.43. The van der Waals surface area contributed by atoms with Crippen LogP contribution in [0.4, 0.5) is 11.4 Å². The monoisotopic (exact) mass is 526 g/mol. The fourth-order valence-electron chi connectivity index (χ4n) is 5.12. The van der Waals surface area contributed by atoms with Crippen LogP contribution in [0.25, 0.3) is 10.8 Å². The molecule has 1 N–H and O–H groups in total. The van der Waals surface area contributed by atoms with Crippen molar-refractivity contribution in [1.82, 2.24) is 9.21 Å². The summed E-state index contributed by atoms with van der Waals surface area (Å²) in [7, 11) is 0.274. The molecule has 1 unspecified atom stereocenters. The molecule has 36 heavy (non-hydrogen) atoms. The molecule has 1 aromatic heterocycles. The van der Waals surface area contributed by atoms with Gasteiger partial charge in [0.05, 0.1) is 5.69 Å². The molecule has 1 atom stereocenters. The Bertz CT molecular complexity index is 1400. The van der Waals surface area contributed by atoms with Gasteiger partial charge in [-0.25, -0.2) is 8.42 Å². The Hall–Kier alpha value is -2.79. The summed E-state index contributed by atoms with van der Waals surface area (Å²) in [6, 6.07) is 11.7. The van der Waals surface area contributed by atoms with Gasteiger partial charge in [0.1, 0.15) is 10.3 Å². The van der Waals surface area contributed by atoms with Gasteiger partial charge >= 0.3 is 0 Å². The number of rotatable bonds is 8.